The fraction of sp³-hybridized carbons (Fsp3) is 0.321. The average molecular weight is 395 g/mol. The molecule has 2 heterocycles. The molecular formula is C28H28NO+. The summed E-state index contributed by atoms with van der Waals surface area (Å²) in [5.74, 6) is 2.85. The number of aromatic nitrogens is 1. The maximum absolute atomic E-state index is 6.75. The molecule has 0 saturated heterocycles. The number of fused-ring (bicyclic) bond motifs is 3. The van der Waals surface area contributed by atoms with Gasteiger partial charge in [-0.25, -0.2) is 0 Å². The van der Waals surface area contributed by atoms with Crippen LogP contribution in [0.3, 0.4) is 0 Å². The zero-order chi connectivity index (χ0) is 20.4. The number of pyridine rings is 1. The van der Waals surface area contributed by atoms with Gasteiger partial charge in [0.25, 0.3) is 5.69 Å². The molecule has 6 rings (SSSR count). The van der Waals surface area contributed by atoms with Gasteiger partial charge in [-0.15, -0.1) is 0 Å². The van der Waals surface area contributed by atoms with Gasteiger partial charge in [-0.1, -0.05) is 56.0 Å². The Hall–Kier alpha value is -2.87. The van der Waals surface area contributed by atoms with Gasteiger partial charge in [0.05, 0.1) is 10.9 Å². The number of para-hydroxylation sites is 1. The number of benzene rings is 3. The molecule has 0 unspecified atom stereocenters. The molecule has 1 aliphatic heterocycles. The van der Waals surface area contributed by atoms with Crippen molar-refractivity contribution < 1.29 is 9.30 Å². The SMILES string of the molecule is Cc1cc2cccc3c2c(c1C)-c1c(c(CC2CCCC2)c2ccccc2[n+]1C)O3. The topological polar surface area (TPSA) is 13.1 Å². The number of rotatable bonds is 2. The minimum atomic E-state index is 0.768. The molecule has 2 aliphatic rings. The van der Waals surface area contributed by atoms with Gasteiger partial charge in [-0.3, -0.25) is 0 Å². The first-order valence-electron chi connectivity index (χ1n) is 11.3. The Morgan fingerprint density at radius 2 is 1.80 bits per heavy atom. The molecule has 0 amide bonds. The summed E-state index contributed by atoms with van der Waals surface area (Å²) in [6.45, 7) is 4.50. The van der Waals surface area contributed by atoms with Crippen LogP contribution >= 0.6 is 0 Å². The van der Waals surface area contributed by atoms with Crippen LogP contribution in [-0.2, 0) is 13.5 Å². The molecule has 30 heavy (non-hydrogen) atoms. The minimum Gasteiger partial charge on any atom is -0.449 e. The molecule has 2 heteroatoms. The molecule has 1 aromatic heterocycles. The molecule has 1 fully saturated rings. The predicted octanol–water partition coefficient (Wildman–Crippen LogP) is 6.94. The quantitative estimate of drug-likeness (QED) is 0.296. The van der Waals surface area contributed by atoms with Crippen molar-refractivity contribution in [2.24, 2.45) is 13.0 Å². The summed E-state index contributed by atoms with van der Waals surface area (Å²) in [5, 5.41) is 3.86. The molecule has 1 aliphatic carbocycles. The molecular weight excluding hydrogens is 366 g/mol. The van der Waals surface area contributed by atoms with Gasteiger partial charge >= 0.3 is 0 Å². The third-order valence-corrected chi connectivity index (χ3v) is 7.48. The van der Waals surface area contributed by atoms with Gasteiger partial charge in [0.15, 0.2) is 0 Å². The van der Waals surface area contributed by atoms with Crippen molar-refractivity contribution in [3.05, 3.63) is 65.2 Å². The normalized spacial score (nSPS) is 15.6. The minimum absolute atomic E-state index is 0.768. The summed E-state index contributed by atoms with van der Waals surface area (Å²) in [6, 6.07) is 17.6. The largest absolute Gasteiger partial charge is 0.449 e. The van der Waals surface area contributed by atoms with Gasteiger partial charge in [-0.05, 0) is 54.8 Å². The van der Waals surface area contributed by atoms with Gasteiger partial charge < -0.3 is 4.74 Å². The summed E-state index contributed by atoms with van der Waals surface area (Å²) < 4.78 is 9.12. The standard InChI is InChI=1S/C28H28NO/c1-17-15-20-11-8-14-24-26(20)25(18(17)2)27-28(30-24)22(16-19-9-4-5-10-19)21-12-6-7-13-23(21)29(27)3/h6-8,11-15,19H,4-5,9-10,16H2,1-3H3/q+1. The lowest BCUT2D eigenvalue weighted by molar-refractivity contribution is -0.633. The van der Waals surface area contributed by atoms with E-state index in [0.717, 1.165) is 23.8 Å². The second-order valence-corrected chi connectivity index (χ2v) is 9.24. The molecule has 0 N–H and O–H groups in total. The Labute approximate surface area is 178 Å². The van der Waals surface area contributed by atoms with Crippen molar-refractivity contribution in [1.29, 1.82) is 0 Å². The van der Waals surface area contributed by atoms with Crippen LogP contribution in [0.4, 0.5) is 0 Å². The van der Waals surface area contributed by atoms with E-state index >= 15 is 0 Å². The third kappa shape index (κ3) is 2.46. The van der Waals surface area contributed by atoms with E-state index in [-0.39, 0.29) is 0 Å². The van der Waals surface area contributed by atoms with Gasteiger partial charge in [-0.2, -0.15) is 4.57 Å². The first-order chi connectivity index (χ1) is 14.6. The van der Waals surface area contributed by atoms with Crippen molar-refractivity contribution in [2.45, 2.75) is 46.0 Å². The highest BCUT2D eigenvalue weighted by atomic mass is 16.5. The van der Waals surface area contributed by atoms with E-state index in [1.54, 1.807) is 0 Å². The van der Waals surface area contributed by atoms with Crippen LogP contribution in [0.2, 0.25) is 0 Å². The van der Waals surface area contributed by atoms with Crippen molar-refractivity contribution >= 4 is 21.7 Å². The molecule has 3 aromatic carbocycles. The van der Waals surface area contributed by atoms with E-state index < -0.39 is 0 Å². The van der Waals surface area contributed by atoms with Crippen LogP contribution < -0.4 is 9.30 Å². The van der Waals surface area contributed by atoms with Gasteiger partial charge in [0, 0.05) is 17.0 Å². The van der Waals surface area contributed by atoms with Crippen molar-refractivity contribution in [3.8, 4) is 22.8 Å². The predicted molar refractivity (Wildman–Crippen MR) is 123 cm³/mol. The Morgan fingerprint density at radius 3 is 2.63 bits per heavy atom. The molecule has 0 atom stereocenters. The third-order valence-electron chi connectivity index (χ3n) is 7.48. The molecule has 0 bridgehead atoms. The first kappa shape index (κ1) is 17.9. The van der Waals surface area contributed by atoms with Crippen molar-refractivity contribution in [1.82, 2.24) is 0 Å². The molecule has 1 saturated carbocycles. The van der Waals surface area contributed by atoms with E-state index in [9.17, 15) is 0 Å². The number of hydrogen-bond acceptors (Lipinski definition) is 1. The average Bonchev–Trinajstić information content (AvgIpc) is 3.27. The maximum Gasteiger partial charge on any atom is 0.257 e. The van der Waals surface area contributed by atoms with E-state index in [1.165, 1.54) is 75.3 Å². The van der Waals surface area contributed by atoms with Crippen LogP contribution in [-0.4, -0.2) is 0 Å². The Balaban J connectivity index is 1.75. The van der Waals surface area contributed by atoms with Crippen LogP contribution in [0.1, 0.15) is 42.4 Å². The van der Waals surface area contributed by atoms with Crippen LogP contribution in [0.25, 0.3) is 32.9 Å². The summed E-state index contributed by atoms with van der Waals surface area (Å²) in [5.41, 5.74) is 7.98. The van der Waals surface area contributed by atoms with Gasteiger partial charge in [0.2, 0.25) is 11.3 Å². The van der Waals surface area contributed by atoms with E-state index in [2.05, 4.69) is 74.0 Å². The van der Waals surface area contributed by atoms with E-state index in [1.807, 2.05) is 0 Å². The second kappa shape index (κ2) is 6.57. The zero-order valence-electron chi connectivity index (χ0n) is 18.1. The monoisotopic (exact) mass is 394 g/mol. The van der Waals surface area contributed by atoms with Crippen molar-refractivity contribution in [3.63, 3.8) is 0 Å². The summed E-state index contributed by atoms with van der Waals surface area (Å²) in [7, 11) is 2.20. The van der Waals surface area contributed by atoms with E-state index in [4.69, 9.17) is 4.74 Å². The Kier molecular flexibility index (Phi) is 3.93. The smallest absolute Gasteiger partial charge is 0.257 e. The highest BCUT2D eigenvalue weighted by Gasteiger charge is 2.35. The number of aryl methyl sites for hydroxylation is 2. The fourth-order valence-electron chi connectivity index (χ4n) is 5.81. The lowest BCUT2D eigenvalue weighted by atomic mass is 9.87. The van der Waals surface area contributed by atoms with Crippen LogP contribution in [0.15, 0.2) is 48.5 Å². The number of nitrogens with zero attached hydrogens (tertiary/aromatic N) is 1. The summed E-state index contributed by atoms with van der Waals surface area (Å²) in [6.07, 6.45) is 6.53. The Morgan fingerprint density at radius 1 is 1.00 bits per heavy atom. The Bertz CT molecular complexity index is 1330. The highest BCUT2D eigenvalue weighted by molar-refractivity contribution is 6.05. The van der Waals surface area contributed by atoms with Crippen LogP contribution in [0.5, 0.6) is 11.5 Å². The summed E-state index contributed by atoms with van der Waals surface area (Å²) in [4.78, 5) is 0. The molecule has 150 valence electrons. The lowest BCUT2D eigenvalue weighted by Gasteiger charge is -2.25. The molecule has 2 nitrogen and oxygen atoms in total. The van der Waals surface area contributed by atoms with Gasteiger partial charge in [0.1, 0.15) is 12.8 Å². The first-order valence-corrected chi connectivity index (χ1v) is 11.3. The van der Waals surface area contributed by atoms with Crippen molar-refractivity contribution in [2.75, 3.05) is 0 Å². The zero-order valence-corrected chi connectivity index (χ0v) is 18.1. The second-order valence-electron chi connectivity index (χ2n) is 9.24. The van der Waals surface area contributed by atoms with E-state index in [0.29, 0.717) is 0 Å². The maximum atomic E-state index is 6.75. The molecule has 0 radical (unpaired) electrons. The molecule has 4 aromatic rings. The number of ether oxygens (including phenoxy) is 1. The highest BCUT2D eigenvalue weighted by Crippen LogP contribution is 2.50. The fourth-order valence-corrected chi connectivity index (χ4v) is 5.81. The summed E-state index contributed by atoms with van der Waals surface area (Å²) >= 11 is 0. The number of hydrogen-bond donors (Lipinski definition) is 0. The molecule has 0 spiro atoms. The van der Waals surface area contributed by atoms with Crippen LogP contribution in [0, 0.1) is 19.8 Å². The lowest BCUT2D eigenvalue weighted by Crippen LogP contribution is -2.34.